The van der Waals surface area contributed by atoms with Gasteiger partial charge in [-0.25, -0.2) is 0 Å². The molecule has 2 aromatic carbocycles. The normalized spacial score (nSPS) is 10.4. The van der Waals surface area contributed by atoms with E-state index in [1.165, 1.54) is 5.56 Å². The number of halogens is 1. The van der Waals surface area contributed by atoms with Crippen molar-refractivity contribution in [2.75, 3.05) is 11.9 Å². The molecule has 0 aliphatic carbocycles. The number of nitrogens with one attached hydrogen (secondary N) is 1. The molecule has 4 heteroatoms. The lowest BCUT2D eigenvalue weighted by molar-refractivity contribution is -0.116. The van der Waals surface area contributed by atoms with Crippen LogP contribution in [-0.4, -0.2) is 12.5 Å². The number of benzene rings is 2. The number of aryl methyl sites for hydroxylation is 2. The summed E-state index contributed by atoms with van der Waals surface area (Å²) in [5.41, 5.74) is 3.09. The van der Waals surface area contributed by atoms with Gasteiger partial charge in [0.25, 0.3) is 0 Å². The highest BCUT2D eigenvalue weighted by molar-refractivity contribution is 6.30. The molecule has 0 saturated carbocycles. The number of hydrogen-bond donors (Lipinski definition) is 1. The summed E-state index contributed by atoms with van der Waals surface area (Å²) >= 11 is 5.91. The Morgan fingerprint density at radius 3 is 2.57 bits per heavy atom. The van der Waals surface area contributed by atoms with Gasteiger partial charge in [-0.3, -0.25) is 4.79 Å². The number of hydrogen-bond acceptors (Lipinski definition) is 2. The molecule has 0 aliphatic rings. The Balaban J connectivity index is 1.72. The van der Waals surface area contributed by atoms with Crippen LogP contribution in [0.3, 0.4) is 0 Å². The predicted octanol–water partition coefficient (Wildman–Crippen LogP) is 5.01. The number of anilines is 1. The van der Waals surface area contributed by atoms with Crippen molar-refractivity contribution in [1.29, 1.82) is 0 Å². The number of ether oxygens (including phenoxy) is 1. The molecule has 0 radical (unpaired) electrons. The SMILES string of the molecule is CCc1ccc(NC(=O)CCCOc2ccc(Cl)cc2C)cc1. The minimum Gasteiger partial charge on any atom is -0.493 e. The zero-order valence-corrected chi connectivity index (χ0v) is 14.3. The molecule has 0 unspecified atom stereocenters. The van der Waals surface area contributed by atoms with Crippen molar-refractivity contribution in [3.63, 3.8) is 0 Å². The lowest BCUT2D eigenvalue weighted by Gasteiger charge is -2.09. The number of rotatable bonds is 7. The first-order valence-electron chi connectivity index (χ1n) is 7.86. The molecule has 2 rings (SSSR count). The van der Waals surface area contributed by atoms with E-state index in [1.807, 2.05) is 43.3 Å². The van der Waals surface area contributed by atoms with Crippen LogP contribution in [-0.2, 0) is 11.2 Å². The van der Waals surface area contributed by atoms with Crippen molar-refractivity contribution in [1.82, 2.24) is 0 Å². The van der Waals surface area contributed by atoms with Crippen LogP contribution >= 0.6 is 11.6 Å². The van der Waals surface area contributed by atoms with Gasteiger partial charge < -0.3 is 10.1 Å². The van der Waals surface area contributed by atoms with E-state index < -0.39 is 0 Å². The first-order valence-corrected chi connectivity index (χ1v) is 8.24. The summed E-state index contributed by atoms with van der Waals surface area (Å²) in [6.45, 7) is 4.56. The van der Waals surface area contributed by atoms with Crippen LogP contribution in [0.4, 0.5) is 5.69 Å². The van der Waals surface area contributed by atoms with E-state index in [0.717, 1.165) is 23.4 Å². The Labute approximate surface area is 142 Å². The van der Waals surface area contributed by atoms with Crippen molar-refractivity contribution < 1.29 is 9.53 Å². The van der Waals surface area contributed by atoms with E-state index >= 15 is 0 Å². The highest BCUT2D eigenvalue weighted by Gasteiger charge is 2.04. The molecule has 0 spiro atoms. The second-order valence-corrected chi connectivity index (χ2v) is 5.90. The van der Waals surface area contributed by atoms with Crippen molar-refractivity contribution in [3.05, 3.63) is 58.6 Å². The van der Waals surface area contributed by atoms with Crippen LogP contribution in [0.25, 0.3) is 0 Å². The van der Waals surface area contributed by atoms with Gasteiger partial charge in [-0.2, -0.15) is 0 Å². The first kappa shape index (κ1) is 17.4. The Morgan fingerprint density at radius 1 is 1.17 bits per heavy atom. The van der Waals surface area contributed by atoms with Crippen molar-refractivity contribution in [2.24, 2.45) is 0 Å². The van der Waals surface area contributed by atoms with Crippen molar-refractivity contribution in [3.8, 4) is 5.75 Å². The number of amides is 1. The smallest absolute Gasteiger partial charge is 0.224 e. The average molecular weight is 332 g/mol. The summed E-state index contributed by atoms with van der Waals surface area (Å²) in [6, 6.07) is 13.5. The van der Waals surface area contributed by atoms with Crippen LogP contribution in [0.2, 0.25) is 5.02 Å². The quantitative estimate of drug-likeness (QED) is 0.724. The lowest BCUT2D eigenvalue weighted by Crippen LogP contribution is -2.12. The van der Waals surface area contributed by atoms with E-state index in [4.69, 9.17) is 16.3 Å². The van der Waals surface area contributed by atoms with Crippen molar-refractivity contribution in [2.45, 2.75) is 33.1 Å². The third-order valence-corrected chi connectivity index (χ3v) is 3.82. The molecular weight excluding hydrogens is 310 g/mol. The molecular formula is C19H22ClNO2. The van der Waals surface area contributed by atoms with E-state index in [-0.39, 0.29) is 5.91 Å². The molecule has 23 heavy (non-hydrogen) atoms. The summed E-state index contributed by atoms with van der Waals surface area (Å²) < 4.78 is 5.68. The van der Waals surface area contributed by atoms with Crippen LogP contribution in [0, 0.1) is 6.92 Å². The van der Waals surface area contributed by atoms with E-state index in [9.17, 15) is 4.79 Å². The topological polar surface area (TPSA) is 38.3 Å². The van der Waals surface area contributed by atoms with Crippen LogP contribution in [0.15, 0.2) is 42.5 Å². The van der Waals surface area contributed by atoms with Crippen LogP contribution in [0.5, 0.6) is 5.75 Å². The molecule has 0 aliphatic heterocycles. The first-order chi connectivity index (χ1) is 11.1. The largest absolute Gasteiger partial charge is 0.493 e. The zero-order chi connectivity index (χ0) is 16.7. The average Bonchev–Trinajstić information content (AvgIpc) is 2.54. The van der Waals surface area contributed by atoms with Crippen LogP contribution in [0.1, 0.15) is 30.9 Å². The Bertz CT molecular complexity index is 653. The molecule has 0 heterocycles. The summed E-state index contributed by atoms with van der Waals surface area (Å²) in [5.74, 6) is 0.815. The maximum atomic E-state index is 11.9. The molecule has 0 atom stereocenters. The zero-order valence-electron chi connectivity index (χ0n) is 13.6. The highest BCUT2D eigenvalue weighted by atomic mass is 35.5. The maximum absolute atomic E-state index is 11.9. The number of carbonyl (C=O) groups excluding carboxylic acids is 1. The third kappa shape index (κ3) is 5.61. The van der Waals surface area contributed by atoms with Gasteiger partial charge in [0.05, 0.1) is 6.61 Å². The maximum Gasteiger partial charge on any atom is 0.224 e. The molecule has 0 fully saturated rings. The molecule has 2 aromatic rings. The van der Waals surface area contributed by atoms with E-state index in [0.29, 0.717) is 24.5 Å². The molecule has 0 aromatic heterocycles. The summed E-state index contributed by atoms with van der Waals surface area (Å²) in [7, 11) is 0. The Morgan fingerprint density at radius 2 is 1.91 bits per heavy atom. The molecule has 122 valence electrons. The van der Waals surface area contributed by atoms with Gasteiger partial charge in [0.2, 0.25) is 5.91 Å². The van der Waals surface area contributed by atoms with E-state index in [1.54, 1.807) is 6.07 Å². The molecule has 1 amide bonds. The summed E-state index contributed by atoms with van der Waals surface area (Å²) in [4.78, 5) is 11.9. The molecule has 3 nitrogen and oxygen atoms in total. The fourth-order valence-electron chi connectivity index (χ4n) is 2.24. The van der Waals surface area contributed by atoms with E-state index in [2.05, 4.69) is 12.2 Å². The monoisotopic (exact) mass is 331 g/mol. The van der Waals surface area contributed by atoms with Gasteiger partial charge in [0, 0.05) is 17.1 Å². The highest BCUT2D eigenvalue weighted by Crippen LogP contribution is 2.22. The second-order valence-electron chi connectivity index (χ2n) is 5.46. The number of carbonyl (C=O) groups is 1. The standard InChI is InChI=1S/C19H22ClNO2/c1-3-15-6-9-17(10-7-15)21-19(22)5-4-12-23-18-11-8-16(20)13-14(18)2/h6-11,13H,3-5,12H2,1-2H3,(H,21,22). The Hall–Kier alpha value is -2.00. The Kier molecular flexibility index (Phi) is 6.48. The van der Waals surface area contributed by atoms with Gasteiger partial charge >= 0.3 is 0 Å². The van der Waals surface area contributed by atoms with Gasteiger partial charge in [0.1, 0.15) is 5.75 Å². The minimum atomic E-state index is 0.00526. The minimum absolute atomic E-state index is 0.00526. The van der Waals surface area contributed by atoms with Gasteiger partial charge in [-0.1, -0.05) is 30.7 Å². The second kappa shape index (κ2) is 8.59. The summed E-state index contributed by atoms with van der Waals surface area (Å²) in [5, 5.41) is 3.60. The summed E-state index contributed by atoms with van der Waals surface area (Å²) in [6.07, 6.45) is 2.10. The van der Waals surface area contributed by atoms with Crippen LogP contribution < -0.4 is 10.1 Å². The van der Waals surface area contributed by atoms with Gasteiger partial charge in [-0.05, 0) is 61.2 Å². The fourth-order valence-corrected chi connectivity index (χ4v) is 2.46. The fraction of sp³-hybridized carbons (Fsp3) is 0.316. The lowest BCUT2D eigenvalue weighted by atomic mass is 10.1. The predicted molar refractivity (Wildman–Crippen MR) is 95.4 cm³/mol. The molecule has 1 N–H and O–H groups in total. The third-order valence-electron chi connectivity index (χ3n) is 3.59. The molecule has 0 bridgehead atoms. The van der Waals surface area contributed by atoms with Gasteiger partial charge in [0.15, 0.2) is 0 Å². The van der Waals surface area contributed by atoms with Crippen molar-refractivity contribution >= 4 is 23.2 Å². The molecule has 0 saturated heterocycles. The van der Waals surface area contributed by atoms with Gasteiger partial charge in [-0.15, -0.1) is 0 Å².